The van der Waals surface area contributed by atoms with Gasteiger partial charge in [-0.25, -0.2) is 0 Å². The van der Waals surface area contributed by atoms with Gasteiger partial charge in [-0.2, -0.15) is 0 Å². The molecule has 160 valence electrons. The molecule has 3 N–H and O–H groups in total. The second-order valence-electron chi connectivity index (χ2n) is 8.40. The van der Waals surface area contributed by atoms with Gasteiger partial charge in [0, 0.05) is 67.1 Å². The lowest BCUT2D eigenvalue weighted by Gasteiger charge is -2.36. The number of aromatic nitrogens is 1. The maximum atomic E-state index is 12.2. The van der Waals surface area contributed by atoms with E-state index in [0.717, 1.165) is 50.4 Å². The first-order valence-corrected chi connectivity index (χ1v) is 10.8. The van der Waals surface area contributed by atoms with Gasteiger partial charge in [-0.15, -0.1) is 0 Å². The lowest BCUT2D eigenvalue weighted by Crippen LogP contribution is -2.47. The Labute approximate surface area is 181 Å². The van der Waals surface area contributed by atoms with Crippen LogP contribution in [0, 0.1) is 0 Å². The summed E-state index contributed by atoms with van der Waals surface area (Å²) in [6.45, 7) is 5.54. The smallest absolute Gasteiger partial charge is 0.316 e. The van der Waals surface area contributed by atoms with Crippen LogP contribution >= 0.6 is 0 Å². The number of aromatic amines is 1. The molecule has 2 aromatic carbocycles. The molecule has 3 aromatic rings. The molecule has 2 amide bonds. The van der Waals surface area contributed by atoms with Gasteiger partial charge >= 0.3 is 11.8 Å². The van der Waals surface area contributed by atoms with Crippen LogP contribution in [0.15, 0.2) is 54.7 Å². The van der Waals surface area contributed by atoms with Crippen molar-refractivity contribution < 1.29 is 9.59 Å². The van der Waals surface area contributed by atoms with Crippen molar-refractivity contribution in [2.75, 3.05) is 49.1 Å². The minimum Gasteiger partial charge on any atom is -0.369 e. The summed E-state index contributed by atoms with van der Waals surface area (Å²) in [5.41, 5.74) is 9.65. The van der Waals surface area contributed by atoms with Crippen molar-refractivity contribution in [3.8, 4) is 0 Å². The Bertz CT molecular complexity index is 1120. The lowest BCUT2D eigenvalue weighted by molar-refractivity contribution is -0.135. The summed E-state index contributed by atoms with van der Waals surface area (Å²) in [4.78, 5) is 33.4. The normalized spacial score (nSPS) is 19.0. The van der Waals surface area contributed by atoms with Gasteiger partial charge in [-0.1, -0.05) is 18.2 Å². The number of hydrogen-bond acceptors (Lipinski definition) is 4. The summed E-state index contributed by atoms with van der Waals surface area (Å²) in [5.74, 6) is -1.29. The first kappa shape index (κ1) is 19.6. The predicted molar refractivity (Wildman–Crippen MR) is 122 cm³/mol. The molecule has 0 bridgehead atoms. The fraction of sp³-hybridized carbons (Fsp3) is 0.333. The number of carbonyl (C=O) groups is 2. The molecule has 0 saturated carbocycles. The van der Waals surface area contributed by atoms with Crippen molar-refractivity contribution >= 4 is 34.1 Å². The number of hydrogen-bond donors (Lipinski definition) is 2. The van der Waals surface area contributed by atoms with Gasteiger partial charge in [0.05, 0.1) is 0 Å². The van der Waals surface area contributed by atoms with Gasteiger partial charge < -0.3 is 20.5 Å². The van der Waals surface area contributed by atoms with E-state index in [-0.39, 0.29) is 5.92 Å². The zero-order chi connectivity index (χ0) is 21.4. The molecular formula is C24H27N5O2. The van der Waals surface area contributed by atoms with E-state index < -0.39 is 11.8 Å². The molecule has 3 heterocycles. The maximum absolute atomic E-state index is 12.2. The zero-order valence-corrected chi connectivity index (χ0v) is 17.5. The Hall–Kier alpha value is -3.32. The molecule has 1 aromatic heterocycles. The second-order valence-corrected chi connectivity index (χ2v) is 8.40. The minimum atomic E-state index is -0.899. The first-order valence-electron chi connectivity index (χ1n) is 10.8. The number of nitrogens with one attached hydrogen (secondary N) is 1. The molecular weight excluding hydrogens is 390 g/mol. The molecule has 31 heavy (non-hydrogen) atoms. The SMILES string of the molecule is NC(=O)C(=O)N1CC(CCN2CCN(c3ccc4[nH]ccc4c3)CC2)c2ccccc21. The van der Waals surface area contributed by atoms with Crippen LogP contribution in [0.25, 0.3) is 10.9 Å². The van der Waals surface area contributed by atoms with Gasteiger partial charge in [0.25, 0.3) is 0 Å². The number of benzene rings is 2. The van der Waals surface area contributed by atoms with Gasteiger partial charge in [0.2, 0.25) is 0 Å². The summed E-state index contributed by atoms with van der Waals surface area (Å²) < 4.78 is 0. The average Bonchev–Trinajstić information content (AvgIpc) is 3.41. The number of fused-ring (bicyclic) bond motifs is 2. The molecule has 2 aliphatic rings. The van der Waals surface area contributed by atoms with Crippen LogP contribution in [0.2, 0.25) is 0 Å². The standard InChI is InChI=1S/C24H27N5O2/c25-23(30)24(31)29-16-18(20-3-1-2-4-22(20)29)8-10-27-11-13-28(14-12-27)19-5-6-21-17(15-19)7-9-26-21/h1-7,9,15,18,26H,8,10-14,16H2,(H2,25,30). The third-order valence-electron chi connectivity index (χ3n) is 6.59. The van der Waals surface area contributed by atoms with E-state index in [1.807, 2.05) is 24.4 Å². The van der Waals surface area contributed by atoms with Crippen LogP contribution in [-0.4, -0.2) is 61.0 Å². The molecule has 0 aliphatic carbocycles. The Morgan fingerprint density at radius 2 is 1.84 bits per heavy atom. The summed E-state index contributed by atoms with van der Waals surface area (Å²) in [5, 5.41) is 1.25. The highest BCUT2D eigenvalue weighted by atomic mass is 16.2. The molecule has 7 heteroatoms. The topological polar surface area (TPSA) is 85.7 Å². The van der Waals surface area contributed by atoms with E-state index in [1.54, 1.807) is 0 Å². The fourth-order valence-electron chi connectivity index (χ4n) is 4.87. The monoisotopic (exact) mass is 417 g/mol. The number of piperazine rings is 1. The molecule has 0 radical (unpaired) electrons. The summed E-state index contributed by atoms with van der Waals surface area (Å²) in [7, 11) is 0. The van der Waals surface area contributed by atoms with Crippen molar-refractivity contribution in [2.24, 2.45) is 5.73 Å². The molecule has 7 nitrogen and oxygen atoms in total. The molecule has 5 rings (SSSR count). The molecule has 1 saturated heterocycles. The molecule has 1 atom stereocenters. The van der Waals surface area contributed by atoms with Crippen molar-refractivity contribution in [3.05, 3.63) is 60.3 Å². The lowest BCUT2D eigenvalue weighted by atomic mass is 9.97. The van der Waals surface area contributed by atoms with E-state index in [9.17, 15) is 9.59 Å². The number of para-hydroxylation sites is 1. The summed E-state index contributed by atoms with van der Waals surface area (Å²) in [6, 6.07) is 16.5. The van der Waals surface area contributed by atoms with Crippen LogP contribution < -0.4 is 15.5 Å². The van der Waals surface area contributed by atoms with Gasteiger partial charge in [-0.05, 0) is 48.9 Å². The van der Waals surface area contributed by atoms with Crippen molar-refractivity contribution in [1.82, 2.24) is 9.88 Å². The van der Waals surface area contributed by atoms with E-state index in [2.05, 4.69) is 45.1 Å². The van der Waals surface area contributed by atoms with Gasteiger partial charge in [0.1, 0.15) is 0 Å². The minimum absolute atomic E-state index is 0.230. The molecule has 1 unspecified atom stereocenters. The van der Waals surface area contributed by atoms with E-state index >= 15 is 0 Å². The van der Waals surface area contributed by atoms with Crippen molar-refractivity contribution in [2.45, 2.75) is 12.3 Å². The van der Waals surface area contributed by atoms with Crippen molar-refractivity contribution in [1.29, 1.82) is 0 Å². The number of nitrogens with zero attached hydrogens (tertiary/aromatic N) is 3. The third kappa shape index (κ3) is 3.77. The highest BCUT2D eigenvalue weighted by molar-refractivity contribution is 6.40. The number of carbonyl (C=O) groups excluding carboxylic acids is 2. The average molecular weight is 418 g/mol. The third-order valence-corrected chi connectivity index (χ3v) is 6.59. The summed E-state index contributed by atoms with van der Waals surface area (Å²) >= 11 is 0. The highest BCUT2D eigenvalue weighted by Crippen LogP contribution is 2.38. The highest BCUT2D eigenvalue weighted by Gasteiger charge is 2.34. The van der Waals surface area contributed by atoms with Gasteiger partial charge in [-0.3, -0.25) is 14.5 Å². The van der Waals surface area contributed by atoms with Crippen LogP contribution in [0.1, 0.15) is 17.9 Å². The number of primary amides is 1. The maximum Gasteiger partial charge on any atom is 0.316 e. The van der Waals surface area contributed by atoms with Crippen LogP contribution in [0.5, 0.6) is 0 Å². The largest absolute Gasteiger partial charge is 0.369 e. The van der Waals surface area contributed by atoms with Crippen LogP contribution in [0.4, 0.5) is 11.4 Å². The first-order chi connectivity index (χ1) is 15.1. The Balaban J connectivity index is 1.19. The number of anilines is 2. The van der Waals surface area contributed by atoms with Crippen LogP contribution in [0.3, 0.4) is 0 Å². The second kappa shape index (κ2) is 8.07. The van der Waals surface area contributed by atoms with Crippen LogP contribution in [-0.2, 0) is 9.59 Å². The molecule has 0 spiro atoms. The fourth-order valence-corrected chi connectivity index (χ4v) is 4.87. The Morgan fingerprint density at radius 1 is 1.03 bits per heavy atom. The van der Waals surface area contributed by atoms with E-state index in [0.29, 0.717) is 6.54 Å². The van der Waals surface area contributed by atoms with E-state index in [1.165, 1.54) is 21.5 Å². The summed E-state index contributed by atoms with van der Waals surface area (Å²) in [6.07, 6.45) is 2.93. The number of nitrogens with two attached hydrogens (primary N) is 1. The molecule has 2 aliphatic heterocycles. The van der Waals surface area contributed by atoms with Gasteiger partial charge in [0.15, 0.2) is 0 Å². The number of rotatable bonds is 4. The van der Waals surface area contributed by atoms with Crippen molar-refractivity contribution in [3.63, 3.8) is 0 Å². The number of H-pyrrole nitrogens is 1. The van der Waals surface area contributed by atoms with E-state index in [4.69, 9.17) is 5.73 Å². The Morgan fingerprint density at radius 3 is 2.65 bits per heavy atom. The zero-order valence-electron chi connectivity index (χ0n) is 17.5. The Kier molecular flexibility index (Phi) is 5.11. The molecule has 1 fully saturated rings. The predicted octanol–water partition coefficient (Wildman–Crippen LogP) is 2.30. The quantitative estimate of drug-likeness (QED) is 0.638. The number of amides is 2.